The Morgan fingerprint density at radius 1 is 1.44 bits per heavy atom. The van der Waals surface area contributed by atoms with Crippen molar-refractivity contribution in [2.75, 3.05) is 26.0 Å². The topological polar surface area (TPSA) is 44.5 Å². The first-order valence-corrected chi connectivity index (χ1v) is 7.92. The van der Waals surface area contributed by atoms with Gasteiger partial charge in [0.1, 0.15) is 6.10 Å². The van der Waals surface area contributed by atoms with Gasteiger partial charge < -0.3 is 14.7 Å². The van der Waals surface area contributed by atoms with Crippen molar-refractivity contribution in [2.24, 2.45) is 5.73 Å². The number of ether oxygens (including phenoxy) is 1. The van der Waals surface area contributed by atoms with Gasteiger partial charge in [0.05, 0.1) is 6.61 Å². The first kappa shape index (κ1) is 16.3. The van der Waals surface area contributed by atoms with Crippen molar-refractivity contribution in [2.45, 2.75) is 12.5 Å². The molecular formula is C12H17BrClNO2S. The van der Waals surface area contributed by atoms with Crippen LogP contribution in [-0.2, 0) is 8.92 Å². The third kappa shape index (κ3) is 5.91. The monoisotopic (exact) mass is 353 g/mol. The Kier molecular flexibility index (Phi) is 8.30. The Hall–Kier alpha value is 0.220. The zero-order valence-electron chi connectivity index (χ0n) is 10.2. The standard InChI is InChI=1S/C12H17BrClNO2S/c1-18-17-12(8-16-4-2-3-15)9-5-10(13)7-11(14)6-9/h5-7,12H,2-4,8,15H2,1H3. The van der Waals surface area contributed by atoms with E-state index < -0.39 is 0 Å². The summed E-state index contributed by atoms with van der Waals surface area (Å²) in [6.07, 6.45) is 2.60. The van der Waals surface area contributed by atoms with Crippen molar-refractivity contribution in [1.82, 2.24) is 0 Å². The number of halogens is 2. The Balaban J connectivity index is 2.64. The molecule has 1 rings (SSSR count). The van der Waals surface area contributed by atoms with Gasteiger partial charge in [-0.25, -0.2) is 0 Å². The van der Waals surface area contributed by atoms with Crippen LogP contribution in [0.5, 0.6) is 0 Å². The van der Waals surface area contributed by atoms with Crippen molar-refractivity contribution in [3.8, 4) is 0 Å². The number of hydrogen-bond acceptors (Lipinski definition) is 4. The summed E-state index contributed by atoms with van der Waals surface area (Å²) in [6.45, 7) is 1.77. The third-order valence-electron chi connectivity index (χ3n) is 2.23. The van der Waals surface area contributed by atoms with Crippen LogP contribution in [0.25, 0.3) is 0 Å². The van der Waals surface area contributed by atoms with Crippen molar-refractivity contribution in [3.63, 3.8) is 0 Å². The van der Waals surface area contributed by atoms with E-state index in [1.165, 1.54) is 12.0 Å². The van der Waals surface area contributed by atoms with E-state index in [1.807, 2.05) is 24.5 Å². The lowest BCUT2D eigenvalue weighted by molar-refractivity contribution is 0.0596. The largest absolute Gasteiger partial charge is 0.378 e. The SMILES string of the molecule is CSOC(COCCCN)c1cc(Cl)cc(Br)c1. The van der Waals surface area contributed by atoms with Crippen LogP contribution >= 0.6 is 39.6 Å². The van der Waals surface area contributed by atoms with Gasteiger partial charge in [-0.2, -0.15) is 0 Å². The fourth-order valence-electron chi connectivity index (χ4n) is 1.43. The highest BCUT2D eigenvalue weighted by Crippen LogP contribution is 2.28. The van der Waals surface area contributed by atoms with Gasteiger partial charge in [0.25, 0.3) is 0 Å². The van der Waals surface area contributed by atoms with Gasteiger partial charge in [0.15, 0.2) is 0 Å². The van der Waals surface area contributed by atoms with Gasteiger partial charge in [0.2, 0.25) is 0 Å². The van der Waals surface area contributed by atoms with Gasteiger partial charge in [0, 0.05) is 22.4 Å². The lowest BCUT2D eigenvalue weighted by atomic mass is 10.1. The number of benzene rings is 1. The molecule has 0 saturated heterocycles. The van der Waals surface area contributed by atoms with Crippen LogP contribution in [0.3, 0.4) is 0 Å². The van der Waals surface area contributed by atoms with Crippen LogP contribution < -0.4 is 5.73 Å². The molecular weight excluding hydrogens is 338 g/mol. The molecule has 0 aromatic heterocycles. The van der Waals surface area contributed by atoms with Crippen molar-refractivity contribution >= 4 is 39.6 Å². The Labute approximate surface area is 126 Å². The van der Waals surface area contributed by atoms with Crippen LogP contribution in [0.4, 0.5) is 0 Å². The summed E-state index contributed by atoms with van der Waals surface area (Å²) >= 11 is 10.8. The van der Waals surface area contributed by atoms with E-state index in [4.69, 9.17) is 26.3 Å². The quantitative estimate of drug-likeness (QED) is 0.569. The fourth-order valence-corrected chi connectivity index (χ4v) is 2.72. The molecule has 0 aliphatic carbocycles. The molecule has 2 N–H and O–H groups in total. The Morgan fingerprint density at radius 3 is 2.83 bits per heavy atom. The van der Waals surface area contributed by atoms with Crippen molar-refractivity contribution < 1.29 is 8.92 Å². The van der Waals surface area contributed by atoms with Crippen LogP contribution in [-0.4, -0.2) is 26.0 Å². The van der Waals surface area contributed by atoms with Crippen LogP contribution in [0.15, 0.2) is 22.7 Å². The maximum atomic E-state index is 6.03. The Bertz CT molecular complexity index is 348. The summed E-state index contributed by atoms with van der Waals surface area (Å²) in [5, 5.41) is 0.677. The molecule has 1 unspecified atom stereocenters. The third-order valence-corrected chi connectivity index (χ3v) is 3.33. The highest BCUT2D eigenvalue weighted by molar-refractivity contribution is 9.10. The zero-order chi connectivity index (χ0) is 13.4. The van der Waals surface area contributed by atoms with Crippen molar-refractivity contribution in [1.29, 1.82) is 0 Å². The molecule has 1 aromatic carbocycles. The normalized spacial score (nSPS) is 12.7. The molecule has 102 valence electrons. The summed E-state index contributed by atoms with van der Waals surface area (Å²) < 4.78 is 12.1. The molecule has 0 saturated carbocycles. The summed E-state index contributed by atoms with van der Waals surface area (Å²) in [5.41, 5.74) is 6.41. The van der Waals surface area contributed by atoms with Crippen LogP contribution in [0, 0.1) is 0 Å². The van der Waals surface area contributed by atoms with E-state index in [0.29, 0.717) is 24.8 Å². The second kappa shape index (κ2) is 9.18. The molecule has 1 atom stereocenters. The maximum Gasteiger partial charge on any atom is 0.121 e. The highest BCUT2D eigenvalue weighted by atomic mass is 79.9. The molecule has 3 nitrogen and oxygen atoms in total. The zero-order valence-corrected chi connectivity index (χ0v) is 13.4. The smallest absolute Gasteiger partial charge is 0.121 e. The average Bonchev–Trinajstić information content (AvgIpc) is 2.32. The number of nitrogens with two attached hydrogens (primary N) is 1. The molecule has 1 aromatic rings. The van der Waals surface area contributed by atoms with Gasteiger partial charge in [-0.05, 0) is 48.8 Å². The van der Waals surface area contributed by atoms with Gasteiger partial charge in [-0.1, -0.05) is 27.5 Å². The minimum Gasteiger partial charge on any atom is -0.378 e. The average molecular weight is 355 g/mol. The first-order chi connectivity index (χ1) is 8.67. The van der Waals surface area contributed by atoms with E-state index >= 15 is 0 Å². The second-order valence-corrected chi connectivity index (χ2v) is 5.55. The summed E-state index contributed by atoms with van der Waals surface area (Å²) in [4.78, 5) is 0. The minimum atomic E-state index is -0.132. The van der Waals surface area contributed by atoms with Gasteiger partial charge in [-0.3, -0.25) is 0 Å². The molecule has 0 spiro atoms. The molecule has 18 heavy (non-hydrogen) atoms. The number of hydrogen-bond donors (Lipinski definition) is 1. The molecule has 0 amide bonds. The molecule has 6 heteroatoms. The lowest BCUT2D eigenvalue weighted by Crippen LogP contribution is -2.12. The van der Waals surface area contributed by atoms with E-state index in [0.717, 1.165) is 16.5 Å². The van der Waals surface area contributed by atoms with E-state index in [1.54, 1.807) is 0 Å². The van der Waals surface area contributed by atoms with Crippen molar-refractivity contribution in [3.05, 3.63) is 33.3 Å². The second-order valence-electron chi connectivity index (χ2n) is 3.67. The summed E-state index contributed by atoms with van der Waals surface area (Å²) in [7, 11) is 0. The van der Waals surface area contributed by atoms with E-state index in [9.17, 15) is 0 Å². The van der Waals surface area contributed by atoms with Gasteiger partial charge in [-0.15, -0.1) is 0 Å². The Morgan fingerprint density at radius 2 is 2.22 bits per heavy atom. The summed E-state index contributed by atoms with van der Waals surface area (Å²) in [6, 6.07) is 5.72. The molecule has 0 aliphatic rings. The maximum absolute atomic E-state index is 6.03. The molecule has 0 fully saturated rings. The molecule has 0 bridgehead atoms. The van der Waals surface area contributed by atoms with E-state index in [-0.39, 0.29) is 6.10 Å². The predicted molar refractivity (Wildman–Crippen MR) is 81.0 cm³/mol. The van der Waals surface area contributed by atoms with E-state index in [2.05, 4.69) is 15.9 Å². The fraction of sp³-hybridized carbons (Fsp3) is 0.500. The summed E-state index contributed by atoms with van der Waals surface area (Å²) in [5.74, 6) is 0. The predicted octanol–water partition coefficient (Wildman–Crippen LogP) is 3.80. The highest BCUT2D eigenvalue weighted by Gasteiger charge is 2.14. The number of rotatable bonds is 8. The lowest BCUT2D eigenvalue weighted by Gasteiger charge is -2.17. The molecule has 0 aliphatic heterocycles. The minimum absolute atomic E-state index is 0.132. The first-order valence-electron chi connectivity index (χ1n) is 5.60. The molecule has 0 radical (unpaired) electrons. The molecule has 0 heterocycles. The van der Waals surface area contributed by atoms with Gasteiger partial charge >= 0.3 is 0 Å². The van der Waals surface area contributed by atoms with Crippen LogP contribution in [0.1, 0.15) is 18.1 Å². The van der Waals surface area contributed by atoms with Crippen LogP contribution in [0.2, 0.25) is 5.02 Å².